The number of hydrogen-bond donors (Lipinski definition) is 1. The van der Waals surface area contributed by atoms with Gasteiger partial charge >= 0.3 is 0 Å². The van der Waals surface area contributed by atoms with Crippen LogP contribution >= 0.6 is 22.6 Å². The summed E-state index contributed by atoms with van der Waals surface area (Å²) in [7, 11) is 1.92. The predicted molar refractivity (Wildman–Crippen MR) is 62.6 cm³/mol. The topological polar surface area (TPSA) is 43.8 Å². The van der Waals surface area contributed by atoms with Gasteiger partial charge in [-0.1, -0.05) is 6.07 Å². The number of fused-ring (bicyclic) bond motifs is 1. The molecule has 1 aromatic heterocycles. The van der Waals surface area contributed by atoms with Gasteiger partial charge in [-0.25, -0.2) is 0 Å². The van der Waals surface area contributed by atoms with E-state index in [4.69, 9.17) is 5.73 Å². The van der Waals surface area contributed by atoms with Crippen LogP contribution in [0.1, 0.15) is 5.56 Å². The second kappa shape index (κ2) is 2.87. The van der Waals surface area contributed by atoms with Gasteiger partial charge in [-0.05, 0) is 41.1 Å². The fraction of sp³-hybridized carbons (Fsp3) is 0.222. The van der Waals surface area contributed by atoms with Gasteiger partial charge < -0.3 is 5.73 Å². The van der Waals surface area contributed by atoms with Crippen molar-refractivity contribution in [3.05, 3.63) is 21.3 Å². The standard InChI is InChI=1S/C9H10IN3/c1-5-3-4-6-8(7(5)10)13(2)12-9(6)11/h3-4H,1-2H3,(H2,11,12). The van der Waals surface area contributed by atoms with Crippen LogP contribution in [-0.4, -0.2) is 9.78 Å². The van der Waals surface area contributed by atoms with E-state index in [1.54, 1.807) is 0 Å². The minimum Gasteiger partial charge on any atom is -0.382 e. The fourth-order valence-electron chi connectivity index (χ4n) is 1.45. The molecule has 0 unspecified atom stereocenters. The second-order valence-electron chi connectivity index (χ2n) is 3.10. The molecule has 0 aliphatic rings. The summed E-state index contributed by atoms with van der Waals surface area (Å²) in [6.45, 7) is 2.09. The van der Waals surface area contributed by atoms with E-state index in [1.807, 2.05) is 17.8 Å². The monoisotopic (exact) mass is 287 g/mol. The van der Waals surface area contributed by atoms with Crippen LogP contribution in [-0.2, 0) is 7.05 Å². The molecule has 68 valence electrons. The highest BCUT2D eigenvalue weighted by molar-refractivity contribution is 14.1. The first-order chi connectivity index (χ1) is 6.11. The van der Waals surface area contributed by atoms with Crippen LogP contribution in [0.15, 0.2) is 12.1 Å². The number of aryl methyl sites for hydroxylation is 2. The van der Waals surface area contributed by atoms with Crippen molar-refractivity contribution in [1.29, 1.82) is 0 Å². The summed E-state index contributed by atoms with van der Waals surface area (Å²) in [5.41, 5.74) is 8.14. The summed E-state index contributed by atoms with van der Waals surface area (Å²) in [4.78, 5) is 0. The van der Waals surface area contributed by atoms with Crippen molar-refractivity contribution < 1.29 is 0 Å². The molecule has 1 aromatic carbocycles. The van der Waals surface area contributed by atoms with Gasteiger partial charge in [0.25, 0.3) is 0 Å². The first-order valence-electron chi connectivity index (χ1n) is 3.98. The lowest BCUT2D eigenvalue weighted by Crippen LogP contribution is -1.93. The van der Waals surface area contributed by atoms with Crippen LogP contribution in [0.3, 0.4) is 0 Å². The molecule has 0 atom stereocenters. The van der Waals surface area contributed by atoms with Crippen molar-refractivity contribution in [2.75, 3.05) is 5.73 Å². The molecule has 4 heteroatoms. The molecule has 3 nitrogen and oxygen atoms in total. The van der Waals surface area contributed by atoms with E-state index in [-0.39, 0.29) is 0 Å². The lowest BCUT2D eigenvalue weighted by molar-refractivity contribution is 0.800. The van der Waals surface area contributed by atoms with Gasteiger partial charge in [0.05, 0.1) is 5.52 Å². The van der Waals surface area contributed by atoms with E-state index >= 15 is 0 Å². The summed E-state index contributed by atoms with van der Waals surface area (Å²) >= 11 is 2.33. The molecule has 0 aliphatic heterocycles. The zero-order valence-electron chi connectivity index (χ0n) is 7.50. The van der Waals surface area contributed by atoms with E-state index in [0.717, 1.165) is 10.9 Å². The van der Waals surface area contributed by atoms with Gasteiger partial charge in [0.15, 0.2) is 5.82 Å². The molecule has 0 saturated heterocycles. The summed E-state index contributed by atoms with van der Waals surface area (Å²) in [5.74, 6) is 0.607. The van der Waals surface area contributed by atoms with Crippen molar-refractivity contribution >= 4 is 39.3 Å². The Morgan fingerprint density at radius 3 is 2.85 bits per heavy atom. The number of halogens is 1. The number of benzene rings is 1. The third kappa shape index (κ3) is 1.20. The molecular weight excluding hydrogens is 277 g/mol. The summed E-state index contributed by atoms with van der Waals surface area (Å²) in [5, 5.41) is 5.22. The first kappa shape index (κ1) is 8.80. The molecule has 1 heterocycles. The molecule has 2 N–H and O–H groups in total. The molecule has 0 amide bonds. The highest BCUT2D eigenvalue weighted by Crippen LogP contribution is 2.26. The van der Waals surface area contributed by atoms with E-state index < -0.39 is 0 Å². The Bertz CT molecular complexity index is 473. The molecule has 0 spiro atoms. The maximum atomic E-state index is 5.76. The number of aromatic nitrogens is 2. The van der Waals surface area contributed by atoms with Crippen molar-refractivity contribution in [2.45, 2.75) is 6.92 Å². The first-order valence-corrected chi connectivity index (χ1v) is 5.06. The van der Waals surface area contributed by atoms with E-state index in [9.17, 15) is 0 Å². The van der Waals surface area contributed by atoms with E-state index in [1.165, 1.54) is 9.13 Å². The minimum absolute atomic E-state index is 0.607. The number of nitrogens with zero attached hydrogens (tertiary/aromatic N) is 2. The number of anilines is 1. The van der Waals surface area contributed by atoms with Crippen molar-refractivity contribution in [3.63, 3.8) is 0 Å². The Kier molecular flexibility index (Phi) is 1.94. The van der Waals surface area contributed by atoms with Crippen LogP contribution in [0.2, 0.25) is 0 Å². The maximum Gasteiger partial charge on any atom is 0.153 e. The normalized spacial score (nSPS) is 11.0. The van der Waals surface area contributed by atoms with Crippen LogP contribution in [0, 0.1) is 10.5 Å². The van der Waals surface area contributed by atoms with Crippen LogP contribution in [0.4, 0.5) is 5.82 Å². The number of hydrogen-bond acceptors (Lipinski definition) is 2. The Balaban J connectivity index is 2.98. The lowest BCUT2D eigenvalue weighted by atomic mass is 10.2. The number of rotatable bonds is 0. The highest BCUT2D eigenvalue weighted by Gasteiger charge is 2.09. The molecule has 0 radical (unpaired) electrons. The highest BCUT2D eigenvalue weighted by atomic mass is 127. The van der Waals surface area contributed by atoms with Crippen molar-refractivity contribution in [2.24, 2.45) is 7.05 Å². The van der Waals surface area contributed by atoms with Gasteiger partial charge in [-0.2, -0.15) is 5.10 Å². The fourth-order valence-corrected chi connectivity index (χ4v) is 2.27. The summed E-state index contributed by atoms with van der Waals surface area (Å²) in [6.07, 6.45) is 0. The zero-order chi connectivity index (χ0) is 9.59. The number of nitrogens with two attached hydrogens (primary N) is 1. The Morgan fingerprint density at radius 2 is 2.15 bits per heavy atom. The Labute approximate surface area is 90.1 Å². The molecule has 0 aliphatic carbocycles. The van der Waals surface area contributed by atoms with Gasteiger partial charge in [0, 0.05) is 16.0 Å². The smallest absolute Gasteiger partial charge is 0.153 e. The van der Waals surface area contributed by atoms with Gasteiger partial charge in [-0.3, -0.25) is 4.68 Å². The van der Waals surface area contributed by atoms with Crippen LogP contribution < -0.4 is 5.73 Å². The molecule has 0 fully saturated rings. The van der Waals surface area contributed by atoms with Gasteiger partial charge in [0.1, 0.15) is 0 Å². The summed E-state index contributed by atoms with van der Waals surface area (Å²) in [6, 6.07) is 4.09. The largest absolute Gasteiger partial charge is 0.382 e. The van der Waals surface area contributed by atoms with Gasteiger partial charge in [-0.15, -0.1) is 0 Å². The molecule has 0 bridgehead atoms. The molecule has 0 saturated carbocycles. The summed E-state index contributed by atoms with van der Waals surface area (Å²) < 4.78 is 3.06. The second-order valence-corrected chi connectivity index (χ2v) is 4.18. The average molecular weight is 287 g/mol. The lowest BCUT2D eigenvalue weighted by Gasteiger charge is -2.00. The quantitative estimate of drug-likeness (QED) is 0.754. The Morgan fingerprint density at radius 1 is 1.46 bits per heavy atom. The number of nitrogen functional groups attached to an aromatic ring is 1. The van der Waals surface area contributed by atoms with E-state index in [2.05, 4.69) is 40.7 Å². The molecule has 13 heavy (non-hydrogen) atoms. The predicted octanol–water partition coefficient (Wildman–Crippen LogP) is 2.07. The third-order valence-corrected chi connectivity index (χ3v) is 3.53. The third-order valence-electron chi connectivity index (χ3n) is 2.17. The van der Waals surface area contributed by atoms with Crippen molar-refractivity contribution in [3.8, 4) is 0 Å². The minimum atomic E-state index is 0.607. The maximum absolute atomic E-state index is 5.76. The zero-order valence-corrected chi connectivity index (χ0v) is 9.66. The van der Waals surface area contributed by atoms with Crippen LogP contribution in [0.5, 0.6) is 0 Å². The van der Waals surface area contributed by atoms with E-state index in [0.29, 0.717) is 5.82 Å². The molecular formula is C9H10IN3. The average Bonchev–Trinajstić information content (AvgIpc) is 2.35. The molecule has 2 rings (SSSR count). The SMILES string of the molecule is Cc1ccc2c(N)nn(C)c2c1I. The van der Waals surface area contributed by atoms with Crippen molar-refractivity contribution in [1.82, 2.24) is 9.78 Å². The van der Waals surface area contributed by atoms with Gasteiger partial charge in [0.2, 0.25) is 0 Å². The van der Waals surface area contributed by atoms with Crippen LogP contribution in [0.25, 0.3) is 10.9 Å². The molecule has 2 aromatic rings. The Hall–Kier alpha value is -0.780.